The summed E-state index contributed by atoms with van der Waals surface area (Å²) < 4.78 is 5.33. The third-order valence-corrected chi connectivity index (χ3v) is 3.69. The maximum absolute atomic E-state index is 12.8. The standard InChI is InChI=1S/C14H28N2O2/c1-5-16(10-12(2)3)13(17)14(11-18-4)6-8-15-9-7-14/h12,15H,5-11H2,1-4H3. The summed E-state index contributed by atoms with van der Waals surface area (Å²) in [6.07, 6.45) is 1.77. The predicted molar refractivity (Wildman–Crippen MR) is 73.5 cm³/mol. The molecule has 0 atom stereocenters. The number of amides is 1. The van der Waals surface area contributed by atoms with Crippen LogP contribution < -0.4 is 5.32 Å². The van der Waals surface area contributed by atoms with Crippen molar-refractivity contribution in [2.45, 2.75) is 33.6 Å². The zero-order chi connectivity index (χ0) is 13.6. The van der Waals surface area contributed by atoms with Crippen LogP contribution in [0.25, 0.3) is 0 Å². The Labute approximate surface area is 111 Å². The van der Waals surface area contributed by atoms with Crippen molar-refractivity contribution >= 4 is 5.91 Å². The Morgan fingerprint density at radius 1 is 1.39 bits per heavy atom. The zero-order valence-corrected chi connectivity index (χ0v) is 12.3. The number of hydrogen-bond acceptors (Lipinski definition) is 3. The number of nitrogens with zero attached hydrogens (tertiary/aromatic N) is 1. The van der Waals surface area contributed by atoms with E-state index in [0.717, 1.165) is 39.0 Å². The Bertz CT molecular complexity index is 255. The van der Waals surface area contributed by atoms with Crippen LogP contribution in [0.4, 0.5) is 0 Å². The lowest BCUT2D eigenvalue weighted by Gasteiger charge is -2.39. The van der Waals surface area contributed by atoms with Crippen molar-refractivity contribution in [2.75, 3.05) is 39.9 Å². The summed E-state index contributed by atoms with van der Waals surface area (Å²) in [6, 6.07) is 0. The highest BCUT2D eigenvalue weighted by Crippen LogP contribution is 2.31. The van der Waals surface area contributed by atoms with E-state index in [0.29, 0.717) is 12.5 Å². The number of methoxy groups -OCH3 is 1. The Kier molecular flexibility index (Phi) is 6.09. The smallest absolute Gasteiger partial charge is 0.231 e. The summed E-state index contributed by atoms with van der Waals surface area (Å²) >= 11 is 0. The lowest BCUT2D eigenvalue weighted by molar-refractivity contribution is -0.148. The van der Waals surface area contributed by atoms with Gasteiger partial charge < -0.3 is 15.0 Å². The van der Waals surface area contributed by atoms with Gasteiger partial charge in [0.05, 0.1) is 12.0 Å². The molecule has 18 heavy (non-hydrogen) atoms. The molecule has 0 saturated carbocycles. The van der Waals surface area contributed by atoms with Gasteiger partial charge in [0.25, 0.3) is 0 Å². The van der Waals surface area contributed by atoms with Gasteiger partial charge in [-0.15, -0.1) is 0 Å². The average molecular weight is 256 g/mol. The molecule has 1 amide bonds. The first-order valence-corrected chi connectivity index (χ1v) is 7.04. The molecule has 1 aliphatic rings. The number of piperidine rings is 1. The van der Waals surface area contributed by atoms with Gasteiger partial charge in [-0.2, -0.15) is 0 Å². The molecule has 4 heteroatoms. The molecular formula is C14H28N2O2. The van der Waals surface area contributed by atoms with Gasteiger partial charge in [0, 0.05) is 20.2 Å². The van der Waals surface area contributed by atoms with Crippen molar-refractivity contribution in [3.05, 3.63) is 0 Å². The van der Waals surface area contributed by atoms with E-state index in [2.05, 4.69) is 26.1 Å². The minimum absolute atomic E-state index is 0.280. The summed E-state index contributed by atoms with van der Waals surface area (Å²) in [6.45, 7) is 10.4. The number of hydrogen-bond donors (Lipinski definition) is 1. The number of carbonyl (C=O) groups is 1. The molecular weight excluding hydrogens is 228 g/mol. The Hall–Kier alpha value is -0.610. The molecule has 0 aromatic rings. The molecule has 1 fully saturated rings. The largest absolute Gasteiger partial charge is 0.384 e. The van der Waals surface area contributed by atoms with E-state index >= 15 is 0 Å². The highest BCUT2D eigenvalue weighted by molar-refractivity contribution is 5.83. The zero-order valence-electron chi connectivity index (χ0n) is 12.3. The molecule has 4 nitrogen and oxygen atoms in total. The monoisotopic (exact) mass is 256 g/mol. The second-order valence-corrected chi connectivity index (χ2v) is 5.70. The Morgan fingerprint density at radius 2 is 2.00 bits per heavy atom. The van der Waals surface area contributed by atoms with Gasteiger partial charge >= 0.3 is 0 Å². The van der Waals surface area contributed by atoms with Gasteiger partial charge in [-0.3, -0.25) is 4.79 Å². The van der Waals surface area contributed by atoms with Gasteiger partial charge in [-0.05, 0) is 38.8 Å². The summed E-state index contributed by atoms with van der Waals surface area (Å²) in [7, 11) is 1.69. The van der Waals surface area contributed by atoms with Gasteiger partial charge in [-0.25, -0.2) is 0 Å². The lowest BCUT2D eigenvalue weighted by atomic mass is 9.78. The fourth-order valence-electron chi connectivity index (χ4n) is 2.73. The van der Waals surface area contributed by atoms with Crippen LogP contribution in [0.15, 0.2) is 0 Å². The molecule has 0 unspecified atom stereocenters. The van der Waals surface area contributed by atoms with E-state index in [1.54, 1.807) is 7.11 Å². The van der Waals surface area contributed by atoms with Crippen LogP contribution in [0.2, 0.25) is 0 Å². The van der Waals surface area contributed by atoms with E-state index in [1.807, 2.05) is 4.90 Å². The van der Waals surface area contributed by atoms with Crippen molar-refractivity contribution in [3.63, 3.8) is 0 Å². The van der Waals surface area contributed by atoms with Crippen LogP contribution in [0.5, 0.6) is 0 Å². The van der Waals surface area contributed by atoms with Crippen molar-refractivity contribution in [3.8, 4) is 0 Å². The van der Waals surface area contributed by atoms with Gasteiger partial charge in [-0.1, -0.05) is 13.8 Å². The fourth-order valence-corrected chi connectivity index (χ4v) is 2.73. The van der Waals surface area contributed by atoms with E-state index in [1.165, 1.54) is 0 Å². The second kappa shape index (κ2) is 7.10. The fraction of sp³-hybridized carbons (Fsp3) is 0.929. The van der Waals surface area contributed by atoms with Crippen molar-refractivity contribution in [1.82, 2.24) is 10.2 Å². The number of carbonyl (C=O) groups excluding carboxylic acids is 1. The van der Waals surface area contributed by atoms with Crippen LogP contribution in [-0.4, -0.2) is 50.7 Å². The Balaban J connectivity index is 2.79. The maximum Gasteiger partial charge on any atom is 0.231 e. The van der Waals surface area contributed by atoms with E-state index in [4.69, 9.17) is 4.74 Å². The molecule has 1 saturated heterocycles. The molecule has 1 N–H and O–H groups in total. The van der Waals surface area contributed by atoms with Crippen molar-refractivity contribution in [1.29, 1.82) is 0 Å². The Morgan fingerprint density at radius 3 is 2.44 bits per heavy atom. The van der Waals surface area contributed by atoms with Gasteiger partial charge in [0.15, 0.2) is 0 Å². The third kappa shape index (κ3) is 3.69. The van der Waals surface area contributed by atoms with E-state index in [9.17, 15) is 4.79 Å². The SMILES string of the molecule is CCN(CC(C)C)C(=O)C1(COC)CCNCC1. The summed E-state index contributed by atoms with van der Waals surface area (Å²) in [5.41, 5.74) is -0.301. The first-order chi connectivity index (χ1) is 8.55. The van der Waals surface area contributed by atoms with Gasteiger partial charge in [0.1, 0.15) is 0 Å². The summed E-state index contributed by atoms with van der Waals surface area (Å²) in [4.78, 5) is 14.8. The molecule has 1 heterocycles. The first kappa shape index (κ1) is 15.4. The van der Waals surface area contributed by atoms with Crippen molar-refractivity contribution in [2.24, 2.45) is 11.3 Å². The molecule has 0 aliphatic carbocycles. The molecule has 0 bridgehead atoms. The van der Waals surface area contributed by atoms with Crippen molar-refractivity contribution < 1.29 is 9.53 Å². The first-order valence-electron chi connectivity index (χ1n) is 7.04. The quantitative estimate of drug-likeness (QED) is 0.783. The second-order valence-electron chi connectivity index (χ2n) is 5.70. The topological polar surface area (TPSA) is 41.6 Å². The minimum atomic E-state index is -0.301. The van der Waals surface area contributed by atoms with Crippen LogP contribution in [0.3, 0.4) is 0 Å². The molecule has 1 rings (SSSR count). The van der Waals surface area contributed by atoms with Crippen LogP contribution in [0.1, 0.15) is 33.6 Å². The minimum Gasteiger partial charge on any atom is -0.384 e. The lowest BCUT2D eigenvalue weighted by Crippen LogP contribution is -2.52. The van der Waals surface area contributed by atoms with E-state index in [-0.39, 0.29) is 11.3 Å². The molecule has 1 aliphatic heterocycles. The number of nitrogens with one attached hydrogen (secondary N) is 1. The molecule has 0 aromatic heterocycles. The molecule has 0 radical (unpaired) electrons. The van der Waals surface area contributed by atoms with Gasteiger partial charge in [0.2, 0.25) is 5.91 Å². The molecule has 106 valence electrons. The molecule has 0 spiro atoms. The average Bonchev–Trinajstić information content (AvgIpc) is 2.36. The van der Waals surface area contributed by atoms with E-state index < -0.39 is 0 Å². The predicted octanol–water partition coefficient (Wildman–Crippen LogP) is 1.51. The van der Waals surface area contributed by atoms with Crippen LogP contribution in [0, 0.1) is 11.3 Å². The van der Waals surface area contributed by atoms with Crippen LogP contribution in [-0.2, 0) is 9.53 Å². The maximum atomic E-state index is 12.8. The summed E-state index contributed by atoms with van der Waals surface area (Å²) in [5, 5.41) is 3.32. The number of ether oxygens (including phenoxy) is 1. The highest BCUT2D eigenvalue weighted by atomic mass is 16.5. The highest BCUT2D eigenvalue weighted by Gasteiger charge is 2.41. The molecule has 0 aromatic carbocycles. The normalized spacial score (nSPS) is 18.9. The summed E-state index contributed by atoms with van der Waals surface area (Å²) in [5.74, 6) is 0.789. The van der Waals surface area contributed by atoms with Crippen LogP contribution >= 0.6 is 0 Å². The third-order valence-electron chi connectivity index (χ3n) is 3.69. The number of rotatable bonds is 6.